The van der Waals surface area contributed by atoms with E-state index in [1.54, 1.807) is 0 Å². The Labute approximate surface area is 164 Å². The molecule has 150 valence electrons. The molecular formula is C22H35N3O2. The molecule has 0 radical (unpaired) electrons. The van der Waals surface area contributed by atoms with Crippen LogP contribution in [-0.4, -0.2) is 67.7 Å². The van der Waals surface area contributed by atoms with Crippen molar-refractivity contribution >= 4 is 11.6 Å². The van der Waals surface area contributed by atoms with E-state index in [-0.39, 0.29) is 11.8 Å². The third-order valence-corrected chi connectivity index (χ3v) is 5.68. The number of carbonyl (C=O) groups excluding carboxylic acids is 1. The van der Waals surface area contributed by atoms with Crippen molar-refractivity contribution in [2.24, 2.45) is 5.92 Å². The topological polar surface area (TPSA) is 44.8 Å². The largest absolute Gasteiger partial charge is 0.373 e. The van der Waals surface area contributed by atoms with Crippen LogP contribution >= 0.6 is 0 Å². The molecule has 2 aliphatic rings. The summed E-state index contributed by atoms with van der Waals surface area (Å²) in [6.07, 6.45) is 5.22. The van der Waals surface area contributed by atoms with Crippen LogP contribution in [0.2, 0.25) is 0 Å². The number of amides is 1. The Bertz CT molecular complexity index is 602. The lowest BCUT2D eigenvalue weighted by Gasteiger charge is -2.24. The van der Waals surface area contributed by atoms with Gasteiger partial charge in [-0.2, -0.15) is 0 Å². The Morgan fingerprint density at radius 2 is 1.85 bits per heavy atom. The first-order valence-electron chi connectivity index (χ1n) is 10.5. The van der Waals surface area contributed by atoms with Gasteiger partial charge in [-0.3, -0.25) is 9.69 Å². The molecule has 2 aliphatic heterocycles. The molecule has 1 N–H and O–H groups in total. The number of nitrogens with zero attached hydrogens (tertiary/aromatic N) is 2. The molecule has 3 rings (SSSR count). The normalized spacial score (nSPS) is 24.9. The second kappa shape index (κ2) is 9.67. The predicted molar refractivity (Wildman–Crippen MR) is 110 cm³/mol. The van der Waals surface area contributed by atoms with Crippen LogP contribution in [0.15, 0.2) is 24.3 Å². The molecular weight excluding hydrogens is 338 g/mol. The van der Waals surface area contributed by atoms with Gasteiger partial charge < -0.3 is 15.0 Å². The van der Waals surface area contributed by atoms with E-state index in [0.29, 0.717) is 12.2 Å². The molecule has 0 spiro atoms. The lowest BCUT2D eigenvalue weighted by atomic mass is 10.0. The fourth-order valence-electron chi connectivity index (χ4n) is 3.91. The molecule has 0 saturated carbocycles. The number of hydrogen-bond acceptors (Lipinski definition) is 4. The fraction of sp³-hybridized carbons (Fsp3) is 0.682. The minimum atomic E-state index is -0.00176. The summed E-state index contributed by atoms with van der Waals surface area (Å²) in [6.45, 7) is 9.60. The van der Waals surface area contributed by atoms with E-state index in [1.807, 2.05) is 26.0 Å². The zero-order valence-electron chi connectivity index (χ0n) is 17.1. The highest BCUT2D eigenvalue weighted by molar-refractivity contribution is 5.92. The van der Waals surface area contributed by atoms with Crippen molar-refractivity contribution in [2.45, 2.75) is 51.7 Å². The number of nitrogens with one attached hydrogen (secondary N) is 1. The van der Waals surface area contributed by atoms with E-state index in [1.165, 1.54) is 31.5 Å². The molecule has 27 heavy (non-hydrogen) atoms. The number of rotatable bonds is 6. The first-order chi connectivity index (χ1) is 13.0. The highest BCUT2D eigenvalue weighted by Crippen LogP contribution is 2.24. The van der Waals surface area contributed by atoms with Crippen LogP contribution in [-0.2, 0) is 16.0 Å². The van der Waals surface area contributed by atoms with Gasteiger partial charge in [0.2, 0.25) is 5.91 Å². The van der Waals surface area contributed by atoms with Gasteiger partial charge in [-0.15, -0.1) is 0 Å². The van der Waals surface area contributed by atoms with Crippen molar-refractivity contribution in [1.29, 1.82) is 0 Å². The third kappa shape index (κ3) is 6.30. The van der Waals surface area contributed by atoms with Crippen LogP contribution in [0.5, 0.6) is 0 Å². The Morgan fingerprint density at radius 1 is 1.11 bits per heavy atom. The third-order valence-electron chi connectivity index (χ3n) is 5.68. The Kier molecular flexibility index (Phi) is 7.27. The summed E-state index contributed by atoms with van der Waals surface area (Å²) in [4.78, 5) is 16.8. The second-order valence-corrected chi connectivity index (χ2v) is 8.46. The maximum Gasteiger partial charge on any atom is 0.226 e. The molecule has 5 heteroatoms. The van der Waals surface area contributed by atoms with E-state index < -0.39 is 0 Å². The van der Waals surface area contributed by atoms with Crippen molar-refractivity contribution in [3.05, 3.63) is 29.8 Å². The lowest BCUT2D eigenvalue weighted by molar-refractivity contribution is -0.118. The van der Waals surface area contributed by atoms with Crippen molar-refractivity contribution < 1.29 is 9.53 Å². The zero-order valence-corrected chi connectivity index (χ0v) is 17.1. The molecule has 0 bridgehead atoms. The standard InChI is InChI=1S/C22H35N3O2/c1-17(2)22(26)23-19-7-5-18(6-8-19)15-20-9-10-21(27-20)16-25-12-4-11-24(3)13-14-25/h5-8,17,20-21H,4,9-16H2,1-3H3,(H,23,26)/t20-,21+/m1/s1. The monoisotopic (exact) mass is 373 g/mol. The molecule has 0 aliphatic carbocycles. The van der Waals surface area contributed by atoms with Crippen LogP contribution in [0, 0.1) is 5.92 Å². The maximum atomic E-state index is 11.8. The minimum absolute atomic E-state index is 0.00176. The summed E-state index contributed by atoms with van der Waals surface area (Å²) < 4.78 is 6.34. The summed E-state index contributed by atoms with van der Waals surface area (Å²) in [7, 11) is 2.21. The molecule has 0 aromatic heterocycles. The van der Waals surface area contributed by atoms with Gasteiger partial charge in [-0.05, 0) is 63.5 Å². The van der Waals surface area contributed by atoms with Crippen molar-refractivity contribution in [3.63, 3.8) is 0 Å². The molecule has 1 aromatic carbocycles. The quantitative estimate of drug-likeness (QED) is 0.833. The lowest BCUT2D eigenvalue weighted by Crippen LogP contribution is -2.35. The maximum absolute atomic E-state index is 11.8. The van der Waals surface area contributed by atoms with E-state index in [9.17, 15) is 4.79 Å². The van der Waals surface area contributed by atoms with Gasteiger partial charge in [0.1, 0.15) is 0 Å². The molecule has 0 unspecified atom stereocenters. The summed E-state index contributed by atoms with van der Waals surface area (Å²) in [6, 6.07) is 8.21. The number of carbonyl (C=O) groups is 1. The van der Waals surface area contributed by atoms with Crippen LogP contribution in [0.4, 0.5) is 5.69 Å². The van der Waals surface area contributed by atoms with Gasteiger partial charge in [0.25, 0.3) is 0 Å². The summed E-state index contributed by atoms with van der Waals surface area (Å²) in [5, 5.41) is 2.94. The Hall–Kier alpha value is -1.43. The van der Waals surface area contributed by atoms with Crippen molar-refractivity contribution in [1.82, 2.24) is 9.80 Å². The van der Waals surface area contributed by atoms with Crippen LogP contribution in [0.3, 0.4) is 0 Å². The molecule has 2 saturated heterocycles. The summed E-state index contributed by atoms with van der Waals surface area (Å²) in [5.41, 5.74) is 2.15. The minimum Gasteiger partial charge on any atom is -0.373 e. The SMILES string of the molecule is CC(C)C(=O)Nc1ccc(C[C@H]2CC[C@@H](CN3CCCN(C)CC3)O2)cc1. The van der Waals surface area contributed by atoms with Gasteiger partial charge >= 0.3 is 0 Å². The molecule has 2 atom stereocenters. The highest BCUT2D eigenvalue weighted by atomic mass is 16.5. The van der Waals surface area contributed by atoms with E-state index in [4.69, 9.17) is 4.74 Å². The first-order valence-corrected chi connectivity index (χ1v) is 10.5. The first kappa shape index (κ1) is 20.3. The number of anilines is 1. The van der Waals surface area contributed by atoms with E-state index in [0.717, 1.165) is 38.2 Å². The zero-order chi connectivity index (χ0) is 19.2. The number of likely N-dealkylation sites (N-methyl/N-ethyl adjacent to an activating group) is 1. The average Bonchev–Trinajstić information content (AvgIpc) is 2.97. The van der Waals surface area contributed by atoms with Gasteiger partial charge in [0.05, 0.1) is 12.2 Å². The van der Waals surface area contributed by atoms with Crippen LogP contribution in [0.1, 0.15) is 38.7 Å². The van der Waals surface area contributed by atoms with Crippen molar-refractivity contribution in [2.75, 3.05) is 45.1 Å². The molecule has 2 fully saturated rings. The van der Waals surface area contributed by atoms with Gasteiger partial charge in [-0.1, -0.05) is 26.0 Å². The van der Waals surface area contributed by atoms with E-state index >= 15 is 0 Å². The second-order valence-electron chi connectivity index (χ2n) is 8.46. The summed E-state index contributed by atoms with van der Waals surface area (Å²) >= 11 is 0. The van der Waals surface area contributed by atoms with Gasteiger partial charge in [0, 0.05) is 31.2 Å². The van der Waals surface area contributed by atoms with Crippen LogP contribution < -0.4 is 5.32 Å². The Morgan fingerprint density at radius 3 is 2.59 bits per heavy atom. The molecule has 1 amide bonds. The van der Waals surface area contributed by atoms with E-state index in [2.05, 4.69) is 34.3 Å². The van der Waals surface area contributed by atoms with Crippen LogP contribution in [0.25, 0.3) is 0 Å². The number of hydrogen-bond donors (Lipinski definition) is 1. The smallest absolute Gasteiger partial charge is 0.226 e. The number of benzene rings is 1. The molecule has 5 nitrogen and oxygen atoms in total. The molecule has 2 heterocycles. The number of ether oxygens (including phenoxy) is 1. The predicted octanol–water partition coefficient (Wildman–Crippen LogP) is 3.01. The fourth-order valence-corrected chi connectivity index (χ4v) is 3.91. The van der Waals surface area contributed by atoms with Crippen molar-refractivity contribution in [3.8, 4) is 0 Å². The highest BCUT2D eigenvalue weighted by Gasteiger charge is 2.27. The Balaban J connectivity index is 1.43. The van der Waals surface area contributed by atoms with Gasteiger partial charge in [-0.25, -0.2) is 0 Å². The summed E-state index contributed by atoms with van der Waals surface area (Å²) in [5.74, 6) is 0.0579. The van der Waals surface area contributed by atoms with Gasteiger partial charge in [0.15, 0.2) is 0 Å². The molecule has 1 aromatic rings. The average molecular weight is 374 g/mol.